The van der Waals surface area contributed by atoms with Crippen molar-refractivity contribution in [3.05, 3.63) is 4.72 Å². The number of hydrogen-bond acceptors (Lipinski definition) is 3. The van der Waals surface area contributed by atoms with E-state index in [2.05, 4.69) is 4.72 Å². The molecule has 0 radical (unpaired) electrons. The third kappa shape index (κ3) is 5.28. The molecule has 4 bridgehead atoms. The van der Waals surface area contributed by atoms with Crippen molar-refractivity contribution in [3.63, 3.8) is 0 Å². The Kier molecular flexibility index (Phi) is 6.24. The molecule has 0 aromatic heterocycles. The van der Waals surface area contributed by atoms with Crippen molar-refractivity contribution >= 4 is 17.9 Å². The van der Waals surface area contributed by atoms with E-state index in [1.54, 1.807) is 0 Å². The van der Waals surface area contributed by atoms with Crippen LogP contribution in [-0.4, -0.2) is 24.6 Å². The maximum Gasteiger partial charge on any atom is 0.423 e. The quantitative estimate of drug-likeness (QED) is 0.287. The molecule has 0 amide bonds. The highest BCUT2D eigenvalue weighted by Gasteiger charge is 2.55. The molecule has 0 aliphatic heterocycles. The van der Waals surface area contributed by atoms with Crippen LogP contribution in [0.1, 0.15) is 64.2 Å². The van der Waals surface area contributed by atoms with Crippen LogP contribution in [0.4, 0.5) is 13.2 Å². The number of carbonyl (C=O) groups is 1. The Bertz CT molecular complexity index is 434. The predicted molar refractivity (Wildman–Crippen MR) is 91.9 cm³/mol. The number of alkyl halides is 3. The zero-order valence-corrected chi connectivity index (χ0v) is 15.3. The van der Waals surface area contributed by atoms with Gasteiger partial charge in [-0.2, -0.15) is 25.1 Å². The average Bonchev–Trinajstić information content (AvgIpc) is 2.50. The maximum absolute atomic E-state index is 12.6. The van der Waals surface area contributed by atoms with Crippen molar-refractivity contribution < 1.29 is 22.7 Å². The lowest BCUT2D eigenvalue weighted by molar-refractivity contribution is -0.171. The van der Waals surface area contributed by atoms with Gasteiger partial charge in [-0.1, -0.05) is 19.3 Å². The summed E-state index contributed by atoms with van der Waals surface area (Å²) in [6, 6.07) is 0. The van der Waals surface area contributed by atoms with Crippen molar-refractivity contribution in [2.45, 2.75) is 69.7 Å². The zero-order chi connectivity index (χ0) is 17.9. The van der Waals surface area contributed by atoms with Gasteiger partial charge in [0.25, 0.3) is 0 Å². The van der Waals surface area contributed by atoms with Crippen LogP contribution in [0.15, 0.2) is 0 Å². The first-order valence-corrected chi connectivity index (χ1v) is 10.2. The summed E-state index contributed by atoms with van der Waals surface area (Å²) in [5, 5.41) is 0. The third-order valence-electron chi connectivity index (χ3n) is 6.02. The van der Waals surface area contributed by atoms with Crippen LogP contribution in [0.5, 0.6) is 0 Å². The number of rotatable bonds is 9. The summed E-state index contributed by atoms with van der Waals surface area (Å²) in [5.41, 5.74) is -4.46. The van der Waals surface area contributed by atoms with Crippen molar-refractivity contribution in [2.24, 2.45) is 23.2 Å². The van der Waals surface area contributed by atoms with E-state index in [0.717, 1.165) is 56.3 Å². The lowest BCUT2D eigenvalue weighted by atomic mass is 9.49. The van der Waals surface area contributed by atoms with Gasteiger partial charge in [-0.05, 0) is 62.7 Å². The lowest BCUT2D eigenvalue weighted by Crippen LogP contribution is -2.50. The number of nitrogens with zero attached hydrogens (tertiary/aromatic N) is 1. The molecule has 0 spiro atoms. The van der Waals surface area contributed by atoms with Gasteiger partial charge in [0.15, 0.2) is 0 Å². The van der Waals surface area contributed by atoms with Gasteiger partial charge >= 0.3 is 11.5 Å². The predicted octanol–water partition coefficient (Wildman–Crippen LogP) is 5.85. The summed E-state index contributed by atoms with van der Waals surface area (Å²) < 4.78 is 44.7. The molecule has 7 heteroatoms. The van der Waals surface area contributed by atoms with Crippen LogP contribution >= 0.6 is 11.9 Å². The van der Waals surface area contributed by atoms with Crippen molar-refractivity contribution in [1.82, 2.24) is 0 Å². The molecule has 4 saturated carbocycles. The minimum Gasteiger partial charge on any atom is -0.599 e. The second kappa shape index (κ2) is 8.07. The molecule has 0 aromatic carbocycles. The Morgan fingerprint density at radius 3 is 2.12 bits per heavy atom. The van der Waals surface area contributed by atoms with Gasteiger partial charge in [-0.25, -0.2) is 0 Å². The minimum atomic E-state index is -4.27. The fraction of sp³-hybridized carbons (Fsp3) is 0.944. The second-order valence-corrected chi connectivity index (χ2v) is 9.04. The molecule has 0 unspecified atom stereocenters. The van der Waals surface area contributed by atoms with Gasteiger partial charge in [0.1, 0.15) is 0 Å². The smallest absolute Gasteiger partial charge is 0.423 e. The highest BCUT2D eigenvalue weighted by Crippen LogP contribution is 2.60. The monoisotopic (exact) mass is 378 g/mol. The van der Waals surface area contributed by atoms with E-state index in [0.29, 0.717) is 13.0 Å². The topological polar surface area (TPSA) is 40.4 Å². The molecule has 4 fully saturated rings. The molecular formula is C18H27F3NO2S-. The highest BCUT2D eigenvalue weighted by atomic mass is 32.2. The summed E-state index contributed by atoms with van der Waals surface area (Å²) in [6.45, 7) is 0.659. The molecule has 4 aliphatic rings. The van der Waals surface area contributed by atoms with Gasteiger partial charge in [0, 0.05) is 0 Å². The fourth-order valence-electron chi connectivity index (χ4n) is 5.43. The van der Waals surface area contributed by atoms with E-state index < -0.39 is 5.51 Å². The summed E-state index contributed by atoms with van der Waals surface area (Å²) >= 11 is -0.311. The van der Waals surface area contributed by atoms with Crippen molar-refractivity contribution in [3.8, 4) is 0 Å². The van der Waals surface area contributed by atoms with Crippen LogP contribution in [0.25, 0.3) is 4.72 Å². The normalized spacial score (nSPS) is 33.6. The number of hydrogen-bond donors (Lipinski definition) is 0. The zero-order valence-electron chi connectivity index (χ0n) is 14.5. The number of esters is 1. The Balaban J connectivity index is 1.25. The number of carbonyl (C=O) groups excluding carboxylic acids is 1. The standard InChI is InChI=1S/C18H27F3NO2S/c19-18(20,21)25-22-5-3-1-2-4-6-24-16(23)17-10-13-7-14(11-17)9-15(8-13)12-17/h13-15H,1-12H2/q-1. The Labute approximate surface area is 152 Å². The van der Waals surface area contributed by atoms with Crippen LogP contribution in [-0.2, 0) is 9.53 Å². The first kappa shape index (κ1) is 19.3. The first-order chi connectivity index (χ1) is 11.9. The molecule has 0 saturated heterocycles. The fourth-order valence-corrected chi connectivity index (χ4v) is 5.80. The van der Waals surface area contributed by atoms with E-state index >= 15 is 0 Å². The van der Waals surface area contributed by atoms with E-state index in [-0.39, 0.29) is 29.9 Å². The van der Waals surface area contributed by atoms with Crippen LogP contribution < -0.4 is 0 Å². The largest absolute Gasteiger partial charge is 0.599 e. The van der Waals surface area contributed by atoms with Gasteiger partial charge < -0.3 is 9.46 Å². The average molecular weight is 378 g/mol. The van der Waals surface area contributed by atoms with Gasteiger partial charge in [-0.15, -0.1) is 6.54 Å². The molecule has 4 rings (SSSR count). The first-order valence-electron chi connectivity index (χ1n) is 9.45. The maximum atomic E-state index is 12.6. The van der Waals surface area contributed by atoms with E-state index in [1.807, 2.05) is 0 Å². The Morgan fingerprint density at radius 1 is 1.00 bits per heavy atom. The minimum absolute atomic E-state index is 0.0168. The van der Waals surface area contributed by atoms with E-state index in [9.17, 15) is 18.0 Å². The molecule has 144 valence electrons. The summed E-state index contributed by atoms with van der Waals surface area (Å²) in [7, 11) is 0. The second-order valence-electron chi connectivity index (χ2n) is 8.14. The Hall–Kier alpha value is -0.430. The molecule has 3 nitrogen and oxygen atoms in total. The molecule has 0 heterocycles. The highest BCUT2D eigenvalue weighted by molar-refractivity contribution is 8.02. The van der Waals surface area contributed by atoms with Crippen LogP contribution in [0.3, 0.4) is 0 Å². The van der Waals surface area contributed by atoms with Crippen LogP contribution in [0.2, 0.25) is 0 Å². The van der Waals surface area contributed by atoms with Crippen LogP contribution in [0, 0.1) is 23.2 Å². The summed E-state index contributed by atoms with van der Waals surface area (Å²) in [5.74, 6) is 2.22. The molecule has 0 aromatic rings. The van der Waals surface area contributed by atoms with Gasteiger partial charge in [0.05, 0.1) is 12.0 Å². The number of ether oxygens (including phenoxy) is 1. The molecule has 0 N–H and O–H groups in total. The van der Waals surface area contributed by atoms with Gasteiger partial charge in [0.2, 0.25) is 0 Å². The lowest BCUT2D eigenvalue weighted by Gasteiger charge is -2.55. The number of unbranched alkanes of at least 4 members (excludes halogenated alkanes) is 3. The molecule has 25 heavy (non-hydrogen) atoms. The summed E-state index contributed by atoms with van der Waals surface area (Å²) in [6.07, 6.45) is 10.1. The van der Waals surface area contributed by atoms with Gasteiger partial charge in [-0.3, -0.25) is 4.79 Å². The SMILES string of the molecule is O=C(OCCCCCC[N-]SC(F)(F)F)C12CC3CC(CC(C3)C1)C2. The molecular weight excluding hydrogens is 351 g/mol. The molecule has 0 atom stereocenters. The summed E-state index contributed by atoms with van der Waals surface area (Å²) in [4.78, 5) is 12.6. The van der Waals surface area contributed by atoms with E-state index in [4.69, 9.17) is 4.74 Å². The number of halogens is 3. The van der Waals surface area contributed by atoms with E-state index in [1.165, 1.54) is 19.3 Å². The molecule has 4 aliphatic carbocycles. The Morgan fingerprint density at radius 2 is 1.56 bits per heavy atom. The van der Waals surface area contributed by atoms with Crippen molar-refractivity contribution in [2.75, 3.05) is 13.2 Å². The van der Waals surface area contributed by atoms with Crippen molar-refractivity contribution in [1.29, 1.82) is 0 Å². The third-order valence-corrected chi connectivity index (χ3v) is 6.53.